The number of nitrogens with one attached hydrogen (secondary N) is 2. The molecule has 0 aliphatic carbocycles. The number of aryl methyl sites for hydroxylation is 1. The van der Waals surface area contributed by atoms with Gasteiger partial charge in [-0.25, -0.2) is 28.7 Å². The van der Waals surface area contributed by atoms with Crippen molar-refractivity contribution in [3.05, 3.63) is 113 Å². The maximum Gasteiger partial charge on any atom is 0.266 e. The Labute approximate surface area is 221 Å². The average Bonchev–Trinajstić information content (AvgIpc) is 3.46. The van der Waals surface area contributed by atoms with Crippen LogP contribution in [0.3, 0.4) is 0 Å². The third kappa shape index (κ3) is 6.12. The second-order valence-corrected chi connectivity index (χ2v) is 8.83. The molecule has 2 aromatic carbocycles. The lowest BCUT2D eigenvalue weighted by atomic mass is 10.1. The number of aromatic nitrogens is 6. The van der Waals surface area contributed by atoms with Crippen LogP contribution in [0.15, 0.2) is 78.8 Å². The largest absolute Gasteiger partial charge is 0.369 e. The molecule has 10 nitrogen and oxygen atoms in total. The van der Waals surface area contributed by atoms with Crippen molar-refractivity contribution in [1.82, 2.24) is 34.4 Å². The third-order valence-electron chi connectivity index (χ3n) is 6.08. The van der Waals surface area contributed by atoms with Gasteiger partial charge in [-0.15, -0.1) is 0 Å². The molecule has 0 unspecified atom stereocenters. The Hall–Kier alpha value is -5.00. The highest BCUT2D eigenvalue weighted by atomic mass is 19.2. The van der Waals surface area contributed by atoms with E-state index in [1.54, 1.807) is 12.5 Å². The summed E-state index contributed by atoms with van der Waals surface area (Å²) in [5.41, 5.74) is 1.15. The Morgan fingerprint density at radius 1 is 0.974 bits per heavy atom. The second kappa shape index (κ2) is 11.6. The maximum absolute atomic E-state index is 13.5. The maximum atomic E-state index is 13.5. The van der Waals surface area contributed by atoms with E-state index < -0.39 is 23.1 Å². The molecule has 0 bridgehead atoms. The van der Waals surface area contributed by atoms with Crippen LogP contribution in [0.4, 0.5) is 14.6 Å². The molecule has 0 spiro atoms. The SMILES string of the molecule is O=C(NCc1ccc2ncnc(NCCCn3ccnc3)c2c1)c1cncn(Cc2ccc(F)c(F)c2)c1=O. The molecule has 198 valence electrons. The lowest BCUT2D eigenvalue weighted by molar-refractivity contribution is 0.0948. The number of halogens is 2. The fourth-order valence-electron chi connectivity index (χ4n) is 4.07. The van der Waals surface area contributed by atoms with Crippen LogP contribution in [0, 0.1) is 11.6 Å². The number of hydrogen-bond donors (Lipinski definition) is 2. The first-order valence-electron chi connectivity index (χ1n) is 12.2. The second-order valence-electron chi connectivity index (χ2n) is 8.83. The van der Waals surface area contributed by atoms with Gasteiger partial charge in [-0.1, -0.05) is 12.1 Å². The van der Waals surface area contributed by atoms with Crippen LogP contribution in [0.25, 0.3) is 10.9 Å². The Bertz CT molecular complexity index is 1670. The predicted octanol–water partition coefficient (Wildman–Crippen LogP) is 3.14. The molecule has 5 rings (SSSR count). The number of anilines is 1. The molecule has 12 heteroatoms. The van der Waals surface area contributed by atoms with Gasteiger partial charge in [0, 0.05) is 43.6 Å². The zero-order valence-electron chi connectivity index (χ0n) is 20.7. The summed E-state index contributed by atoms with van der Waals surface area (Å²) in [6.07, 6.45) is 10.2. The quantitative estimate of drug-likeness (QED) is 0.266. The highest BCUT2D eigenvalue weighted by molar-refractivity contribution is 5.93. The van der Waals surface area contributed by atoms with Crippen LogP contribution in [0.2, 0.25) is 0 Å². The molecule has 0 radical (unpaired) electrons. The van der Waals surface area contributed by atoms with Gasteiger partial charge in [0.25, 0.3) is 11.5 Å². The van der Waals surface area contributed by atoms with E-state index in [1.807, 2.05) is 29.0 Å². The molecule has 0 saturated heterocycles. The molecule has 0 saturated carbocycles. The van der Waals surface area contributed by atoms with Gasteiger partial charge in [-0.3, -0.25) is 14.2 Å². The van der Waals surface area contributed by atoms with Crippen molar-refractivity contribution in [2.45, 2.75) is 26.1 Å². The molecule has 1 amide bonds. The summed E-state index contributed by atoms with van der Waals surface area (Å²) < 4.78 is 29.9. The van der Waals surface area contributed by atoms with Crippen LogP contribution in [-0.4, -0.2) is 41.5 Å². The van der Waals surface area contributed by atoms with E-state index in [2.05, 4.69) is 30.6 Å². The van der Waals surface area contributed by atoms with E-state index in [-0.39, 0.29) is 18.7 Å². The first kappa shape index (κ1) is 25.6. The number of carbonyl (C=O) groups is 1. The summed E-state index contributed by atoms with van der Waals surface area (Å²) in [5.74, 6) is -1.91. The van der Waals surface area contributed by atoms with Crippen molar-refractivity contribution in [2.24, 2.45) is 0 Å². The number of amides is 1. The molecule has 3 aromatic heterocycles. The van der Waals surface area contributed by atoms with E-state index in [0.717, 1.165) is 41.6 Å². The summed E-state index contributed by atoms with van der Waals surface area (Å²) in [5, 5.41) is 6.89. The molecule has 0 aliphatic rings. The Kier molecular flexibility index (Phi) is 7.62. The lowest BCUT2D eigenvalue weighted by Crippen LogP contribution is -2.33. The Morgan fingerprint density at radius 3 is 2.67 bits per heavy atom. The van der Waals surface area contributed by atoms with Crippen LogP contribution in [0.5, 0.6) is 0 Å². The topological polar surface area (TPSA) is 120 Å². The standard InChI is InChI=1S/C27H24F2N8O2/c28-22-4-2-19(11-23(22)29)14-37-17-31-13-21(27(37)39)26(38)33-12-18-3-5-24-20(10-18)25(35-15-34-24)32-6-1-8-36-9-7-30-16-36/h2-5,7,9-11,13,15-17H,1,6,8,12,14H2,(H,33,38)(H,32,34,35). The Balaban J connectivity index is 1.24. The summed E-state index contributed by atoms with van der Waals surface area (Å²) in [6, 6.07) is 8.91. The molecule has 2 N–H and O–H groups in total. The highest BCUT2D eigenvalue weighted by Gasteiger charge is 2.14. The first-order chi connectivity index (χ1) is 19.0. The third-order valence-corrected chi connectivity index (χ3v) is 6.08. The van der Waals surface area contributed by atoms with Crippen LogP contribution >= 0.6 is 0 Å². The molecule has 5 aromatic rings. The van der Waals surface area contributed by atoms with Gasteiger partial charge in [0.1, 0.15) is 17.7 Å². The molecular formula is C27H24F2N8O2. The smallest absolute Gasteiger partial charge is 0.266 e. The Morgan fingerprint density at radius 2 is 1.85 bits per heavy atom. The normalized spacial score (nSPS) is 11.0. The number of fused-ring (bicyclic) bond motifs is 1. The zero-order chi connectivity index (χ0) is 27.2. The summed E-state index contributed by atoms with van der Waals surface area (Å²) in [4.78, 5) is 42.4. The van der Waals surface area contributed by atoms with Gasteiger partial charge in [-0.05, 0) is 41.8 Å². The molecule has 0 atom stereocenters. The molecule has 0 aliphatic heterocycles. The average molecular weight is 531 g/mol. The molecule has 39 heavy (non-hydrogen) atoms. The minimum atomic E-state index is -1.02. The number of benzene rings is 2. The summed E-state index contributed by atoms with van der Waals surface area (Å²) in [7, 11) is 0. The van der Waals surface area contributed by atoms with Crippen molar-refractivity contribution in [3.8, 4) is 0 Å². The van der Waals surface area contributed by atoms with E-state index in [4.69, 9.17) is 0 Å². The fraction of sp³-hybridized carbons (Fsp3) is 0.185. The van der Waals surface area contributed by atoms with Crippen molar-refractivity contribution >= 4 is 22.6 Å². The van der Waals surface area contributed by atoms with E-state index in [9.17, 15) is 18.4 Å². The first-order valence-corrected chi connectivity index (χ1v) is 12.2. The van der Waals surface area contributed by atoms with Crippen molar-refractivity contribution in [3.63, 3.8) is 0 Å². The number of carbonyl (C=O) groups excluding carboxylic acids is 1. The summed E-state index contributed by atoms with van der Waals surface area (Å²) >= 11 is 0. The van der Waals surface area contributed by atoms with Crippen LogP contribution < -0.4 is 16.2 Å². The minimum Gasteiger partial charge on any atom is -0.369 e. The van der Waals surface area contributed by atoms with Crippen molar-refractivity contribution in [1.29, 1.82) is 0 Å². The van der Waals surface area contributed by atoms with E-state index >= 15 is 0 Å². The van der Waals surface area contributed by atoms with Crippen LogP contribution in [-0.2, 0) is 19.6 Å². The van der Waals surface area contributed by atoms with Gasteiger partial charge >= 0.3 is 0 Å². The highest BCUT2D eigenvalue weighted by Crippen LogP contribution is 2.21. The van der Waals surface area contributed by atoms with E-state index in [1.165, 1.54) is 29.5 Å². The molecular weight excluding hydrogens is 506 g/mol. The summed E-state index contributed by atoms with van der Waals surface area (Å²) in [6.45, 7) is 1.61. The van der Waals surface area contributed by atoms with Gasteiger partial charge in [-0.2, -0.15) is 0 Å². The predicted molar refractivity (Wildman–Crippen MR) is 140 cm³/mol. The van der Waals surface area contributed by atoms with Gasteiger partial charge in [0.2, 0.25) is 0 Å². The molecule has 3 heterocycles. The van der Waals surface area contributed by atoms with E-state index in [0.29, 0.717) is 17.9 Å². The number of rotatable bonds is 10. The fourth-order valence-corrected chi connectivity index (χ4v) is 4.07. The van der Waals surface area contributed by atoms with Crippen LogP contribution in [0.1, 0.15) is 27.9 Å². The van der Waals surface area contributed by atoms with Crippen molar-refractivity contribution in [2.75, 3.05) is 11.9 Å². The minimum absolute atomic E-state index is 0.0626. The number of imidazole rings is 1. The van der Waals surface area contributed by atoms with Gasteiger partial charge < -0.3 is 15.2 Å². The van der Waals surface area contributed by atoms with Crippen molar-refractivity contribution < 1.29 is 13.6 Å². The van der Waals surface area contributed by atoms with Gasteiger partial charge in [0.15, 0.2) is 11.6 Å². The monoisotopic (exact) mass is 530 g/mol. The van der Waals surface area contributed by atoms with Gasteiger partial charge in [0.05, 0.1) is 24.7 Å². The number of hydrogen-bond acceptors (Lipinski definition) is 7. The molecule has 0 fully saturated rings. The number of nitrogens with zero attached hydrogens (tertiary/aromatic N) is 6. The lowest BCUT2D eigenvalue weighted by Gasteiger charge is -2.11. The zero-order valence-corrected chi connectivity index (χ0v) is 20.7.